The lowest BCUT2D eigenvalue weighted by Crippen LogP contribution is -2.74. The molecule has 6 rings (SSSR count). The zero-order valence-electron chi connectivity index (χ0n) is 21.3. The van der Waals surface area contributed by atoms with E-state index >= 15 is 0 Å². The standard InChI is InChI=1S/C28H33N3O6/c1-36-19-6-5-17-10-23-28(35)12-18-9-20(25(33)29-14-24(32)37-2)26(34)30-22(18)13-27(28,21(17)11-19)7-8-31(23)15-16-3-4-16/h5-6,9,11,16,23,35H,3-4,7-8,10,12-15H2,1-2H3,(H,29,33)(H,30,34)/t23-,27-,28-/m1/s1. The van der Waals surface area contributed by atoms with Gasteiger partial charge in [0.25, 0.3) is 11.5 Å². The smallest absolute Gasteiger partial charge is 0.325 e. The van der Waals surface area contributed by atoms with E-state index in [4.69, 9.17) is 4.74 Å². The van der Waals surface area contributed by atoms with Gasteiger partial charge in [-0.15, -0.1) is 0 Å². The highest BCUT2D eigenvalue weighted by atomic mass is 16.5. The van der Waals surface area contributed by atoms with E-state index in [-0.39, 0.29) is 18.2 Å². The van der Waals surface area contributed by atoms with Crippen LogP contribution >= 0.6 is 0 Å². The van der Waals surface area contributed by atoms with Crippen molar-refractivity contribution in [3.05, 3.63) is 62.6 Å². The van der Waals surface area contributed by atoms with Crippen LogP contribution < -0.4 is 15.6 Å². The Morgan fingerprint density at radius 1 is 1.19 bits per heavy atom. The van der Waals surface area contributed by atoms with Gasteiger partial charge in [-0.2, -0.15) is 0 Å². The predicted octanol–water partition coefficient (Wildman–Crippen LogP) is 1.09. The summed E-state index contributed by atoms with van der Waals surface area (Å²) in [6.45, 7) is 1.57. The summed E-state index contributed by atoms with van der Waals surface area (Å²) in [6.07, 6.45) is 4.82. The van der Waals surface area contributed by atoms with E-state index in [2.05, 4.69) is 32.1 Å². The lowest BCUT2D eigenvalue weighted by Gasteiger charge is -2.63. The summed E-state index contributed by atoms with van der Waals surface area (Å²) in [5, 5.41) is 15.1. The van der Waals surface area contributed by atoms with Crippen LogP contribution in [-0.4, -0.2) is 72.4 Å². The number of aromatic nitrogens is 1. The fourth-order valence-electron chi connectivity index (χ4n) is 6.99. The van der Waals surface area contributed by atoms with Crippen LogP contribution in [0.25, 0.3) is 0 Å². The Balaban J connectivity index is 1.43. The van der Waals surface area contributed by atoms with Crippen LogP contribution in [-0.2, 0) is 34.2 Å². The maximum absolute atomic E-state index is 13.0. The van der Waals surface area contributed by atoms with Crippen LogP contribution in [0.5, 0.6) is 5.75 Å². The molecule has 3 N–H and O–H groups in total. The normalized spacial score (nSPS) is 27.9. The molecule has 3 atom stereocenters. The Morgan fingerprint density at radius 2 is 2.00 bits per heavy atom. The van der Waals surface area contributed by atoms with E-state index in [1.807, 2.05) is 6.07 Å². The Morgan fingerprint density at radius 3 is 2.73 bits per heavy atom. The van der Waals surface area contributed by atoms with Gasteiger partial charge in [0.1, 0.15) is 17.9 Å². The molecule has 9 nitrogen and oxygen atoms in total. The highest BCUT2D eigenvalue weighted by Gasteiger charge is 2.64. The molecule has 2 fully saturated rings. The molecular weight excluding hydrogens is 474 g/mol. The Kier molecular flexibility index (Phi) is 5.69. The van der Waals surface area contributed by atoms with E-state index in [0.717, 1.165) is 48.5 Å². The molecule has 37 heavy (non-hydrogen) atoms. The van der Waals surface area contributed by atoms with Crippen molar-refractivity contribution in [2.75, 3.05) is 33.9 Å². The first-order valence-corrected chi connectivity index (χ1v) is 13.0. The molecule has 0 radical (unpaired) electrons. The van der Waals surface area contributed by atoms with E-state index < -0.39 is 28.5 Å². The number of piperidine rings is 1. The van der Waals surface area contributed by atoms with Gasteiger partial charge in [0.2, 0.25) is 0 Å². The second-order valence-corrected chi connectivity index (χ2v) is 11.1. The Hall–Kier alpha value is -3.17. The predicted molar refractivity (Wildman–Crippen MR) is 135 cm³/mol. The topological polar surface area (TPSA) is 121 Å². The minimum atomic E-state index is -1.06. The first-order valence-electron chi connectivity index (χ1n) is 13.0. The fourth-order valence-corrected chi connectivity index (χ4v) is 6.99. The van der Waals surface area contributed by atoms with Gasteiger partial charge < -0.3 is 24.9 Å². The third-order valence-electron chi connectivity index (χ3n) is 9.10. The summed E-state index contributed by atoms with van der Waals surface area (Å²) >= 11 is 0. The second kappa shape index (κ2) is 8.70. The van der Waals surface area contributed by atoms with Crippen LogP contribution in [0.1, 0.15) is 52.0 Å². The number of carbonyl (C=O) groups is 2. The minimum Gasteiger partial charge on any atom is -0.497 e. The lowest BCUT2D eigenvalue weighted by molar-refractivity contribution is -0.152. The average Bonchev–Trinajstić information content (AvgIpc) is 3.71. The number of benzene rings is 1. The first kappa shape index (κ1) is 24.2. The molecule has 1 saturated carbocycles. The van der Waals surface area contributed by atoms with Crippen LogP contribution in [0.4, 0.5) is 0 Å². The molecule has 1 aromatic carbocycles. The Bertz CT molecular complexity index is 1330. The van der Waals surface area contributed by atoms with Crippen LogP contribution in [0.2, 0.25) is 0 Å². The summed E-state index contributed by atoms with van der Waals surface area (Å²) < 4.78 is 10.1. The van der Waals surface area contributed by atoms with Crippen molar-refractivity contribution in [3.8, 4) is 5.75 Å². The third kappa shape index (κ3) is 3.78. The number of fused-ring (bicyclic) bond motifs is 2. The zero-order valence-corrected chi connectivity index (χ0v) is 21.3. The largest absolute Gasteiger partial charge is 0.497 e. The number of likely N-dealkylation sites (tertiary alicyclic amines) is 1. The molecule has 1 saturated heterocycles. The molecule has 3 aliphatic carbocycles. The molecular formula is C28H33N3O6. The van der Waals surface area contributed by atoms with Gasteiger partial charge in [-0.05, 0) is 73.0 Å². The van der Waals surface area contributed by atoms with E-state index in [9.17, 15) is 19.5 Å². The van der Waals surface area contributed by atoms with Crippen molar-refractivity contribution in [2.45, 2.75) is 55.6 Å². The summed E-state index contributed by atoms with van der Waals surface area (Å²) in [4.78, 5) is 42.6. The quantitative estimate of drug-likeness (QED) is 0.501. The fraction of sp³-hybridized carbons (Fsp3) is 0.536. The van der Waals surface area contributed by atoms with Crippen molar-refractivity contribution in [2.24, 2.45) is 5.92 Å². The maximum atomic E-state index is 13.0. The van der Waals surface area contributed by atoms with Gasteiger partial charge in [0.15, 0.2) is 0 Å². The number of aromatic amines is 1. The number of nitrogens with zero attached hydrogens (tertiary/aromatic N) is 1. The monoisotopic (exact) mass is 507 g/mol. The summed E-state index contributed by atoms with van der Waals surface area (Å²) in [5.74, 6) is 0.215. The van der Waals surface area contributed by atoms with E-state index in [1.54, 1.807) is 13.2 Å². The number of amides is 1. The van der Waals surface area contributed by atoms with Crippen molar-refractivity contribution < 1.29 is 24.2 Å². The molecule has 0 unspecified atom stereocenters. The molecule has 4 aliphatic rings. The number of nitrogens with one attached hydrogen (secondary N) is 2. The molecule has 1 aliphatic heterocycles. The minimum absolute atomic E-state index is 0.0561. The number of H-pyrrole nitrogens is 1. The number of esters is 1. The molecule has 0 spiro atoms. The van der Waals surface area contributed by atoms with Crippen molar-refractivity contribution in [1.82, 2.24) is 15.2 Å². The van der Waals surface area contributed by atoms with Crippen molar-refractivity contribution in [3.63, 3.8) is 0 Å². The number of ether oxygens (including phenoxy) is 2. The molecule has 2 heterocycles. The van der Waals surface area contributed by atoms with Gasteiger partial charge in [0.05, 0.1) is 19.8 Å². The van der Waals surface area contributed by atoms with Crippen LogP contribution in [0.15, 0.2) is 29.1 Å². The van der Waals surface area contributed by atoms with E-state index in [0.29, 0.717) is 18.8 Å². The van der Waals surface area contributed by atoms with Crippen molar-refractivity contribution in [1.29, 1.82) is 0 Å². The maximum Gasteiger partial charge on any atom is 0.325 e. The van der Waals surface area contributed by atoms with Gasteiger partial charge >= 0.3 is 5.97 Å². The highest BCUT2D eigenvalue weighted by molar-refractivity contribution is 5.95. The summed E-state index contributed by atoms with van der Waals surface area (Å²) in [5.41, 5.74) is 1.64. The number of carbonyl (C=O) groups excluding carboxylic acids is 2. The van der Waals surface area contributed by atoms with E-state index in [1.165, 1.54) is 25.5 Å². The van der Waals surface area contributed by atoms with Gasteiger partial charge in [-0.1, -0.05) is 6.07 Å². The lowest BCUT2D eigenvalue weighted by atomic mass is 9.49. The molecule has 9 heteroatoms. The number of rotatable bonds is 6. The Labute approximate surface area is 215 Å². The molecule has 196 valence electrons. The van der Waals surface area contributed by atoms with Crippen molar-refractivity contribution >= 4 is 11.9 Å². The summed E-state index contributed by atoms with van der Waals surface area (Å²) in [6, 6.07) is 7.70. The molecule has 2 bridgehead atoms. The number of hydrogen-bond acceptors (Lipinski definition) is 7. The number of pyridine rings is 1. The van der Waals surface area contributed by atoms with Gasteiger partial charge in [-0.3, -0.25) is 19.3 Å². The average molecular weight is 508 g/mol. The number of methoxy groups -OCH3 is 2. The highest BCUT2D eigenvalue weighted by Crippen LogP contribution is 2.57. The number of hydrogen-bond donors (Lipinski definition) is 3. The number of aliphatic hydroxyl groups is 1. The molecule has 2 aromatic rings. The second-order valence-electron chi connectivity index (χ2n) is 11.1. The summed E-state index contributed by atoms with van der Waals surface area (Å²) in [7, 11) is 2.88. The molecule has 1 aromatic heterocycles. The van der Waals surface area contributed by atoms with Gasteiger partial charge in [0, 0.05) is 36.5 Å². The third-order valence-corrected chi connectivity index (χ3v) is 9.10. The van der Waals surface area contributed by atoms with Crippen LogP contribution in [0.3, 0.4) is 0 Å². The molecule has 1 amide bonds. The van der Waals surface area contributed by atoms with Gasteiger partial charge in [-0.25, -0.2) is 0 Å². The SMILES string of the molecule is COC(=O)CNC(=O)c1cc2c([nH]c1=O)C[C@]13CCN(CC4CC4)[C@H](Cc4ccc(OC)cc41)[C@]3(O)C2. The zero-order chi connectivity index (χ0) is 25.9. The first-order chi connectivity index (χ1) is 17.8. The van der Waals surface area contributed by atoms with Crippen LogP contribution in [0, 0.1) is 5.92 Å².